The van der Waals surface area contributed by atoms with Gasteiger partial charge in [0.15, 0.2) is 0 Å². The number of nitrogens with zero attached hydrogens (tertiary/aromatic N) is 3. The Morgan fingerprint density at radius 1 is 1.33 bits per heavy atom. The minimum atomic E-state index is -0.194. The highest BCUT2D eigenvalue weighted by atomic mass is 16.2. The van der Waals surface area contributed by atoms with E-state index in [2.05, 4.69) is 19.0 Å². The molecule has 0 bridgehead atoms. The van der Waals surface area contributed by atoms with Crippen LogP contribution in [0.25, 0.3) is 0 Å². The van der Waals surface area contributed by atoms with Gasteiger partial charge in [-0.3, -0.25) is 9.59 Å². The van der Waals surface area contributed by atoms with Gasteiger partial charge >= 0.3 is 0 Å². The summed E-state index contributed by atoms with van der Waals surface area (Å²) in [5, 5.41) is 0. The minimum absolute atomic E-state index is 0.00833. The maximum absolute atomic E-state index is 12.3. The number of rotatable bonds is 4. The molecule has 1 amide bonds. The van der Waals surface area contributed by atoms with E-state index >= 15 is 0 Å². The Kier molecular flexibility index (Phi) is 5.01. The average Bonchev–Trinajstić information content (AvgIpc) is 2.43. The van der Waals surface area contributed by atoms with Crippen molar-refractivity contribution >= 4 is 11.6 Å². The zero-order chi connectivity index (χ0) is 15.4. The molecule has 6 heteroatoms. The first-order valence-electron chi connectivity index (χ1n) is 7.34. The Hall–Kier alpha value is -1.82. The van der Waals surface area contributed by atoms with Gasteiger partial charge in [0, 0.05) is 37.6 Å². The molecule has 0 unspecified atom stereocenters. The number of anilines is 1. The Morgan fingerprint density at radius 2 is 2.00 bits per heavy atom. The van der Waals surface area contributed by atoms with Gasteiger partial charge in [-0.05, 0) is 38.9 Å². The van der Waals surface area contributed by atoms with E-state index < -0.39 is 0 Å². The number of carbonyl (C=O) groups is 1. The number of nitrogen functional groups attached to an aromatic ring is 1. The summed E-state index contributed by atoms with van der Waals surface area (Å²) >= 11 is 0. The van der Waals surface area contributed by atoms with E-state index in [9.17, 15) is 9.59 Å². The molecular weight excluding hydrogens is 268 g/mol. The number of hydrogen-bond donors (Lipinski definition) is 1. The molecule has 1 aromatic heterocycles. The van der Waals surface area contributed by atoms with E-state index in [1.807, 2.05) is 4.90 Å². The lowest BCUT2D eigenvalue weighted by molar-refractivity contribution is -0.133. The van der Waals surface area contributed by atoms with Gasteiger partial charge in [-0.15, -0.1) is 0 Å². The molecule has 1 aliphatic heterocycles. The quantitative estimate of drug-likeness (QED) is 0.862. The maximum atomic E-state index is 12.3. The molecule has 1 fully saturated rings. The lowest BCUT2D eigenvalue weighted by Crippen LogP contribution is -2.43. The Morgan fingerprint density at radius 3 is 2.62 bits per heavy atom. The van der Waals surface area contributed by atoms with E-state index in [1.54, 1.807) is 6.07 Å². The molecule has 0 aromatic carbocycles. The number of aromatic nitrogens is 1. The summed E-state index contributed by atoms with van der Waals surface area (Å²) in [5.41, 5.74) is 5.96. The van der Waals surface area contributed by atoms with Crippen molar-refractivity contribution in [2.24, 2.45) is 5.92 Å². The predicted molar refractivity (Wildman–Crippen MR) is 83.0 cm³/mol. The summed E-state index contributed by atoms with van der Waals surface area (Å²) in [6, 6.07) is 2.95. The summed E-state index contributed by atoms with van der Waals surface area (Å²) in [6.45, 7) is 2.68. The second-order valence-corrected chi connectivity index (χ2v) is 6.01. The number of pyridine rings is 1. The van der Waals surface area contributed by atoms with Gasteiger partial charge in [-0.1, -0.05) is 0 Å². The van der Waals surface area contributed by atoms with Crippen LogP contribution in [0.3, 0.4) is 0 Å². The summed E-state index contributed by atoms with van der Waals surface area (Å²) in [6.07, 6.45) is 3.57. The molecule has 1 saturated heterocycles. The van der Waals surface area contributed by atoms with Gasteiger partial charge in [0.05, 0.1) is 0 Å². The van der Waals surface area contributed by atoms with Crippen molar-refractivity contribution in [2.75, 3.05) is 39.5 Å². The third kappa shape index (κ3) is 4.32. The molecule has 2 N–H and O–H groups in total. The summed E-state index contributed by atoms with van der Waals surface area (Å²) < 4.78 is 1.38. The molecule has 116 valence electrons. The Balaban J connectivity index is 1.90. The molecule has 6 nitrogen and oxygen atoms in total. The fourth-order valence-corrected chi connectivity index (χ4v) is 2.80. The standard InChI is InChI=1S/C15H24N4O2/c1-17(2)9-12-5-7-18(8-6-12)15(21)11-19-10-13(16)3-4-14(19)20/h3-4,10,12H,5-9,11,16H2,1-2H3. The number of piperidine rings is 1. The predicted octanol–water partition coefficient (Wildman–Crippen LogP) is 0.231. The second kappa shape index (κ2) is 6.76. The van der Waals surface area contributed by atoms with Crippen LogP contribution < -0.4 is 11.3 Å². The third-order valence-electron chi connectivity index (χ3n) is 3.90. The number of hydrogen-bond acceptors (Lipinski definition) is 4. The lowest BCUT2D eigenvalue weighted by atomic mass is 9.96. The molecule has 0 saturated carbocycles. The molecule has 21 heavy (non-hydrogen) atoms. The molecule has 0 aliphatic carbocycles. The minimum Gasteiger partial charge on any atom is -0.398 e. The summed E-state index contributed by atoms with van der Waals surface area (Å²) in [5.74, 6) is 0.644. The van der Waals surface area contributed by atoms with Crippen LogP contribution >= 0.6 is 0 Å². The van der Waals surface area contributed by atoms with Crippen LogP contribution in [-0.4, -0.2) is 54.0 Å². The normalized spacial score (nSPS) is 16.4. The van der Waals surface area contributed by atoms with E-state index in [0.717, 1.165) is 32.5 Å². The molecule has 1 aromatic rings. The highest BCUT2D eigenvalue weighted by molar-refractivity contribution is 5.76. The lowest BCUT2D eigenvalue weighted by Gasteiger charge is -2.33. The SMILES string of the molecule is CN(C)CC1CCN(C(=O)Cn2cc(N)ccc2=O)CC1. The van der Waals surface area contributed by atoms with E-state index in [0.29, 0.717) is 11.6 Å². The monoisotopic (exact) mass is 292 g/mol. The van der Waals surface area contributed by atoms with E-state index in [1.165, 1.54) is 16.8 Å². The van der Waals surface area contributed by atoms with Crippen molar-refractivity contribution in [3.63, 3.8) is 0 Å². The van der Waals surface area contributed by atoms with Crippen LogP contribution in [0.15, 0.2) is 23.1 Å². The first kappa shape index (κ1) is 15.6. The molecule has 0 radical (unpaired) electrons. The van der Waals surface area contributed by atoms with Crippen molar-refractivity contribution in [3.8, 4) is 0 Å². The zero-order valence-electron chi connectivity index (χ0n) is 12.8. The Labute approximate surface area is 125 Å². The first-order valence-corrected chi connectivity index (χ1v) is 7.34. The van der Waals surface area contributed by atoms with Crippen LogP contribution in [0.5, 0.6) is 0 Å². The molecule has 0 atom stereocenters. The van der Waals surface area contributed by atoms with Crippen LogP contribution in [0.4, 0.5) is 5.69 Å². The van der Waals surface area contributed by atoms with Crippen LogP contribution in [0, 0.1) is 5.92 Å². The van der Waals surface area contributed by atoms with Gasteiger partial charge < -0.3 is 20.1 Å². The van der Waals surface area contributed by atoms with Crippen molar-refractivity contribution in [1.82, 2.24) is 14.4 Å². The van der Waals surface area contributed by atoms with Gasteiger partial charge in [0.25, 0.3) is 5.56 Å². The number of amides is 1. The van der Waals surface area contributed by atoms with Crippen molar-refractivity contribution in [3.05, 3.63) is 28.7 Å². The fourth-order valence-electron chi connectivity index (χ4n) is 2.80. The van der Waals surface area contributed by atoms with E-state index in [4.69, 9.17) is 5.73 Å². The van der Waals surface area contributed by atoms with Crippen LogP contribution in [0.2, 0.25) is 0 Å². The number of carbonyl (C=O) groups excluding carboxylic acids is 1. The van der Waals surface area contributed by atoms with Gasteiger partial charge in [-0.2, -0.15) is 0 Å². The highest BCUT2D eigenvalue weighted by Crippen LogP contribution is 2.18. The molecular formula is C15H24N4O2. The second-order valence-electron chi connectivity index (χ2n) is 6.01. The van der Waals surface area contributed by atoms with Gasteiger partial charge in [0.1, 0.15) is 6.54 Å². The summed E-state index contributed by atoms with van der Waals surface area (Å²) in [4.78, 5) is 28.0. The smallest absolute Gasteiger partial charge is 0.251 e. The molecule has 2 rings (SSSR count). The Bertz CT molecular complexity index is 545. The number of nitrogens with two attached hydrogens (primary N) is 1. The topological polar surface area (TPSA) is 71.6 Å². The zero-order valence-corrected chi connectivity index (χ0v) is 12.8. The van der Waals surface area contributed by atoms with Crippen LogP contribution in [0.1, 0.15) is 12.8 Å². The molecule has 2 heterocycles. The average molecular weight is 292 g/mol. The van der Waals surface area contributed by atoms with Crippen molar-refractivity contribution in [2.45, 2.75) is 19.4 Å². The molecule has 1 aliphatic rings. The molecule has 0 spiro atoms. The third-order valence-corrected chi connectivity index (χ3v) is 3.90. The van der Waals surface area contributed by atoms with E-state index in [-0.39, 0.29) is 18.0 Å². The largest absolute Gasteiger partial charge is 0.398 e. The number of likely N-dealkylation sites (tertiary alicyclic amines) is 1. The van der Waals surface area contributed by atoms with Gasteiger partial charge in [-0.25, -0.2) is 0 Å². The maximum Gasteiger partial charge on any atom is 0.251 e. The first-order chi connectivity index (χ1) is 9.95. The fraction of sp³-hybridized carbons (Fsp3) is 0.600. The highest BCUT2D eigenvalue weighted by Gasteiger charge is 2.23. The van der Waals surface area contributed by atoms with Crippen molar-refractivity contribution < 1.29 is 4.79 Å². The summed E-state index contributed by atoms with van der Waals surface area (Å²) in [7, 11) is 4.15. The van der Waals surface area contributed by atoms with Crippen LogP contribution in [-0.2, 0) is 11.3 Å². The van der Waals surface area contributed by atoms with Gasteiger partial charge in [0.2, 0.25) is 5.91 Å². The van der Waals surface area contributed by atoms with Crippen molar-refractivity contribution in [1.29, 1.82) is 0 Å².